The number of nitriles is 2. The van der Waals surface area contributed by atoms with Crippen molar-refractivity contribution in [3.05, 3.63) is 47.3 Å². The van der Waals surface area contributed by atoms with Crippen LogP contribution >= 0.6 is 0 Å². The molecule has 1 aromatic heterocycles. The second kappa shape index (κ2) is 4.25. The average molecular weight is 261 g/mol. The maximum atomic E-state index is 9.72. The number of aromatic amines is 1. The fourth-order valence-corrected chi connectivity index (χ4v) is 2.67. The van der Waals surface area contributed by atoms with E-state index in [1.54, 1.807) is 0 Å². The van der Waals surface area contributed by atoms with E-state index in [1.165, 1.54) is 12.4 Å². The predicted octanol–water partition coefficient (Wildman–Crippen LogP) is 2.23. The second-order valence-electron chi connectivity index (χ2n) is 4.65. The lowest BCUT2D eigenvalue weighted by Gasteiger charge is -2.24. The number of fused-ring (bicyclic) bond motifs is 1. The van der Waals surface area contributed by atoms with Gasteiger partial charge in [0.2, 0.25) is 0 Å². The van der Waals surface area contributed by atoms with Crippen molar-refractivity contribution in [3.63, 3.8) is 0 Å². The van der Waals surface area contributed by atoms with Crippen molar-refractivity contribution < 1.29 is 0 Å². The molecule has 0 radical (unpaired) electrons. The molecule has 1 aliphatic heterocycles. The molecule has 5 nitrogen and oxygen atoms in total. The van der Waals surface area contributed by atoms with Crippen LogP contribution in [0.1, 0.15) is 11.3 Å². The van der Waals surface area contributed by atoms with E-state index >= 15 is 0 Å². The molecule has 0 bridgehead atoms. The lowest BCUT2D eigenvalue weighted by molar-refractivity contribution is 0.814. The number of benzene rings is 1. The van der Waals surface area contributed by atoms with Gasteiger partial charge < -0.3 is 4.98 Å². The highest BCUT2D eigenvalue weighted by atomic mass is 15.3. The second-order valence-corrected chi connectivity index (χ2v) is 4.65. The zero-order valence-electron chi connectivity index (χ0n) is 10.8. The molecule has 96 valence electrons. The third-order valence-corrected chi connectivity index (χ3v) is 3.55. The highest BCUT2D eigenvalue weighted by Gasteiger charge is 2.40. The van der Waals surface area contributed by atoms with Crippen molar-refractivity contribution in [1.29, 1.82) is 10.5 Å². The van der Waals surface area contributed by atoms with Gasteiger partial charge >= 0.3 is 0 Å². The molecule has 0 aliphatic carbocycles. The Balaban J connectivity index is 2.39. The van der Waals surface area contributed by atoms with Crippen LogP contribution in [0, 0.1) is 29.6 Å². The summed E-state index contributed by atoms with van der Waals surface area (Å²) in [6, 6.07) is 12.1. The summed E-state index contributed by atoms with van der Waals surface area (Å²) in [7, 11) is 0. The zero-order valence-corrected chi connectivity index (χ0v) is 10.8. The summed E-state index contributed by atoms with van der Waals surface area (Å²) in [5.74, 6) is 0. The van der Waals surface area contributed by atoms with Crippen LogP contribution in [0.4, 0.5) is 0 Å². The van der Waals surface area contributed by atoms with Gasteiger partial charge in [-0.25, -0.2) is 0 Å². The van der Waals surface area contributed by atoms with Crippen molar-refractivity contribution in [2.75, 3.05) is 0 Å². The van der Waals surface area contributed by atoms with Crippen LogP contribution in [-0.2, 0) is 5.41 Å². The number of nitrogens with zero attached hydrogens (tertiary/aromatic N) is 3. The van der Waals surface area contributed by atoms with Crippen LogP contribution in [0.5, 0.6) is 0 Å². The lowest BCUT2D eigenvalue weighted by Crippen LogP contribution is -2.33. The number of aromatic nitrogens is 1. The molecule has 0 spiro atoms. The molecule has 0 fully saturated rings. The van der Waals surface area contributed by atoms with Gasteiger partial charge in [0.25, 0.3) is 0 Å². The van der Waals surface area contributed by atoms with Crippen LogP contribution in [0.2, 0.25) is 0 Å². The highest BCUT2D eigenvalue weighted by molar-refractivity contribution is 5.96. The number of hydrogen-bond donors (Lipinski definition) is 2. The monoisotopic (exact) mass is 261 g/mol. The molecule has 1 unspecified atom stereocenters. The molecule has 2 N–H and O–H groups in total. The van der Waals surface area contributed by atoms with E-state index in [9.17, 15) is 10.5 Å². The molecule has 2 aromatic rings. The van der Waals surface area contributed by atoms with Crippen LogP contribution < -0.4 is 5.43 Å². The van der Waals surface area contributed by atoms with Gasteiger partial charge in [-0.15, -0.1) is 0 Å². The minimum Gasteiger partial charge on any atom is -0.358 e. The van der Waals surface area contributed by atoms with Gasteiger partial charge in [-0.1, -0.05) is 18.2 Å². The Morgan fingerprint density at radius 1 is 1.25 bits per heavy atom. The van der Waals surface area contributed by atoms with Crippen molar-refractivity contribution in [2.45, 2.75) is 12.3 Å². The van der Waals surface area contributed by atoms with E-state index in [1.807, 2.05) is 31.2 Å². The first-order valence-electron chi connectivity index (χ1n) is 6.12. The Hall–Kier alpha value is -3.05. The van der Waals surface area contributed by atoms with Crippen molar-refractivity contribution in [1.82, 2.24) is 10.4 Å². The number of nitrogens with one attached hydrogen (secondary N) is 2. The Bertz CT molecular complexity index is 828. The van der Waals surface area contributed by atoms with Gasteiger partial charge in [-0.3, -0.25) is 5.43 Å². The quantitative estimate of drug-likeness (QED) is 0.825. The third-order valence-electron chi connectivity index (χ3n) is 3.55. The topological polar surface area (TPSA) is 87.8 Å². The molecule has 1 aliphatic rings. The number of hydrogen-bond acceptors (Lipinski definition) is 4. The lowest BCUT2D eigenvalue weighted by atomic mass is 9.75. The Kier molecular flexibility index (Phi) is 2.55. The van der Waals surface area contributed by atoms with E-state index in [0.717, 1.165) is 22.2 Å². The number of rotatable bonds is 1. The fraction of sp³-hybridized carbons (Fsp3) is 0.133. The Labute approximate surface area is 115 Å². The number of para-hydroxylation sites is 1. The maximum Gasteiger partial charge on any atom is 0.157 e. The first-order valence-corrected chi connectivity index (χ1v) is 6.12. The maximum absolute atomic E-state index is 9.72. The minimum absolute atomic E-state index is 0.336. The van der Waals surface area contributed by atoms with E-state index in [4.69, 9.17) is 0 Å². The van der Waals surface area contributed by atoms with Crippen LogP contribution in [-0.4, -0.2) is 11.2 Å². The summed E-state index contributed by atoms with van der Waals surface area (Å²) >= 11 is 0. The van der Waals surface area contributed by atoms with Gasteiger partial charge in [0.15, 0.2) is 5.41 Å². The van der Waals surface area contributed by atoms with Gasteiger partial charge in [-0.05, 0) is 13.0 Å². The number of aryl methyl sites for hydroxylation is 1. The van der Waals surface area contributed by atoms with Crippen LogP contribution in [0.3, 0.4) is 0 Å². The fourth-order valence-electron chi connectivity index (χ4n) is 2.67. The molecular weight excluding hydrogens is 250 g/mol. The standard InChI is InChI=1S/C15H11N5/c1-10-14(12-4-2-3-5-13(12)20-10)15(8-17)9-19-18-7-11(15)6-16/h2-5,7,9,18,20H,1H3. The molecule has 5 heteroatoms. The molecule has 0 amide bonds. The highest BCUT2D eigenvalue weighted by Crippen LogP contribution is 2.38. The van der Waals surface area contributed by atoms with Crippen molar-refractivity contribution in [2.24, 2.45) is 5.10 Å². The van der Waals surface area contributed by atoms with Gasteiger partial charge in [-0.2, -0.15) is 15.6 Å². The molecule has 2 heterocycles. The van der Waals surface area contributed by atoms with Crippen molar-refractivity contribution >= 4 is 17.1 Å². The van der Waals surface area contributed by atoms with Crippen LogP contribution in [0.25, 0.3) is 10.9 Å². The molecule has 3 rings (SSSR count). The Morgan fingerprint density at radius 2 is 2.05 bits per heavy atom. The number of H-pyrrole nitrogens is 1. The molecule has 1 atom stereocenters. The summed E-state index contributed by atoms with van der Waals surface area (Å²) in [5.41, 5.74) is 4.41. The molecule has 0 saturated carbocycles. The number of allylic oxidation sites excluding steroid dienone is 1. The SMILES string of the molecule is Cc1[nH]c2ccccc2c1C1(C#N)C=NNC=C1C#N. The van der Waals surface area contributed by atoms with E-state index in [-0.39, 0.29) is 0 Å². The summed E-state index contributed by atoms with van der Waals surface area (Å²) < 4.78 is 0. The van der Waals surface area contributed by atoms with E-state index < -0.39 is 5.41 Å². The normalized spacial score (nSPS) is 20.9. The van der Waals surface area contributed by atoms with Gasteiger partial charge in [0.1, 0.15) is 0 Å². The first kappa shape index (κ1) is 12.0. The third kappa shape index (κ3) is 1.44. The minimum atomic E-state index is -1.15. The first-order chi connectivity index (χ1) is 9.73. The van der Waals surface area contributed by atoms with E-state index in [0.29, 0.717) is 5.57 Å². The zero-order chi connectivity index (χ0) is 14.2. The Morgan fingerprint density at radius 3 is 2.80 bits per heavy atom. The summed E-state index contributed by atoms with van der Waals surface area (Å²) in [6.45, 7) is 1.90. The largest absolute Gasteiger partial charge is 0.358 e. The van der Waals surface area contributed by atoms with Gasteiger partial charge in [0, 0.05) is 28.4 Å². The van der Waals surface area contributed by atoms with Crippen LogP contribution in [0.15, 0.2) is 41.1 Å². The van der Waals surface area contributed by atoms with E-state index in [2.05, 4.69) is 27.6 Å². The average Bonchev–Trinajstić information content (AvgIpc) is 2.83. The van der Waals surface area contributed by atoms with Gasteiger partial charge in [0.05, 0.1) is 23.9 Å². The summed E-state index contributed by atoms with van der Waals surface area (Å²) in [6.07, 6.45) is 2.97. The summed E-state index contributed by atoms with van der Waals surface area (Å²) in [5, 5.41) is 24.0. The predicted molar refractivity (Wildman–Crippen MR) is 75.7 cm³/mol. The molecule has 20 heavy (non-hydrogen) atoms. The molecular formula is C15H11N5. The smallest absolute Gasteiger partial charge is 0.157 e. The molecule has 1 aromatic carbocycles. The van der Waals surface area contributed by atoms with Crippen molar-refractivity contribution in [3.8, 4) is 12.1 Å². The number of hydrazone groups is 1. The molecule has 0 saturated heterocycles. The summed E-state index contributed by atoms with van der Waals surface area (Å²) in [4.78, 5) is 3.26.